The Hall–Kier alpha value is -1.76. The minimum absolute atomic E-state index is 0.00386. The molecule has 1 aromatic rings. The van der Waals surface area contributed by atoms with E-state index >= 15 is 0 Å². The molecular weight excluding hydrogens is 280 g/mol. The fraction of sp³-hybridized carbons (Fsp3) is 0.462. The molecule has 1 unspecified atom stereocenters. The van der Waals surface area contributed by atoms with Crippen molar-refractivity contribution in [3.63, 3.8) is 0 Å². The van der Waals surface area contributed by atoms with E-state index in [4.69, 9.17) is 9.84 Å². The molecule has 1 amide bonds. The van der Waals surface area contributed by atoms with Gasteiger partial charge in [0.1, 0.15) is 11.1 Å². The van der Waals surface area contributed by atoms with Crippen LogP contribution in [0.4, 0.5) is 0 Å². The molecule has 2 N–H and O–H groups in total. The first-order valence-corrected chi connectivity index (χ1v) is 7.13. The van der Waals surface area contributed by atoms with E-state index in [-0.39, 0.29) is 17.8 Å². The first-order chi connectivity index (χ1) is 9.40. The molecule has 20 heavy (non-hydrogen) atoms. The minimum atomic E-state index is -1.07. The van der Waals surface area contributed by atoms with E-state index < -0.39 is 12.0 Å². The summed E-state index contributed by atoms with van der Waals surface area (Å²) in [5.74, 6) is -0.660. The lowest BCUT2D eigenvalue weighted by Gasteiger charge is -2.15. The third kappa shape index (κ3) is 5.48. The smallest absolute Gasteiger partial charge is 0.327 e. The molecule has 0 fully saturated rings. The molecule has 1 rings (SSSR count). The lowest BCUT2D eigenvalue weighted by molar-refractivity contribution is -0.140. The van der Waals surface area contributed by atoms with Crippen LogP contribution < -0.4 is 10.1 Å². The van der Waals surface area contributed by atoms with Gasteiger partial charge in [-0.15, -0.1) is 0 Å². The lowest BCUT2D eigenvalue weighted by atomic mass is 10.3. The molecule has 0 spiro atoms. The fourth-order valence-electron chi connectivity index (χ4n) is 1.41. The fourth-order valence-corrected chi connectivity index (χ4v) is 2.35. The third-order valence-corrected chi connectivity index (χ3v) is 3.24. The monoisotopic (exact) mass is 298 g/mol. The topological polar surface area (TPSA) is 88.5 Å². The molecule has 0 aliphatic heterocycles. The maximum atomic E-state index is 11.0. The van der Waals surface area contributed by atoms with E-state index in [9.17, 15) is 9.59 Å². The van der Waals surface area contributed by atoms with Crippen LogP contribution >= 0.6 is 11.8 Å². The van der Waals surface area contributed by atoms with Gasteiger partial charge >= 0.3 is 5.97 Å². The Bertz CT molecular complexity index is 479. The van der Waals surface area contributed by atoms with Gasteiger partial charge in [-0.05, 0) is 26.0 Å². The molecular formula is C13H18N2O4S. The first-order valence-electron chi connectivity index (χ1n) is 6.14. The van der Waals surface area contributed by atoms with Crippen LogP contribution in [0.25, 0.3) is 0 Å². The number of amides is 1. The quantitative estimate of drug-likeness (QED) is 0.743. The summed E-state index contributed by atoms with van der Waals surface area (Å²) >= 11 is 1.24. The lowest BCUT2D eigenvalue weighted by Crippen LogP contribution is -2.41. The molecule has 1 heterocycles. The largest absolute Gasteiger partial charge is 0.488 e. The molecule has 0 saturated carbocycles. The van der Waals surface area contributed by atoms with Crippen molar-refractivity contribution in [2.45, 2.75) is 37.9 Å². The van der Waals surface area contributed by atoms with Crippen molar-refractivity contribution in [3.8, 4) is 5.75 Å². The highest BCUT2D eigenvalue weighted by Crippen LogP contribution is 2.27. The molecule has 0 aromatic carbocycles. The van der Waals surface area contributed by atoms with Gasteiger partial charge in [-0.2, -0.15) is 0 Å². The number of carboxylic acids is 1. The molecule has 6 nitrogen and oxygen atoms in total. The van der Waals surface area contributed by atoms with Gasteiger partial charge in [-0.25, -0.2) is 9.78 Å². The van der Waals surface area contributed by atoms with Gasteiger partial charge < -0.3 is 15.2 Å². The average Bonchev–Trinajstić information content (AvgIpc) is 2.34. The zero-order valence-corrected chi connectivity index (χ0v) is 12.4. The summed E-state index contributed by atoms with van der Waals surface area (Å²) < 4.78 is 5.60. The number of carboxylic acid groups (broad SMARTS) is 1. The summed E-state index contributed by atoms with van der Waals surface area (Å²) in [4.78, 5) is 26.2. The number of pyridine rings is 1. The summed E-state index contributed by atoms with van der Waals surface area (Å²) in [6, 6.07) is 2.58. The second-order valence-corrected chi connectivity index (χ2v) is 5.38. The SMILES string of the molecule is CC(=O)NC(CSc1ncccc1OC(C)C)C(=O)O. The zero-order chi connectivity index (χ0) is 15.1. The van der Waals surface area contributed by atoms with E-state index in [1.165, 1.54) is 18.7 Å². The van der Waals surface area contributed by atoms with E-state index in [1.54, 1.807) is 18.3 Å². The van der Waals surface area contributed by atoms with Crippen molar-refractivity contribution >= 4 is 23.6 Å². The van der Waals surface area contributed by atoms with Gasteiger partial charge in [0.25, 0.3) is 0 Å². The van der Waals surface area contributed by atoms with E-state index in [2.05, 4.69) is 10.3 Å². The Morgan fingerprint density at radius 2 is 2.20 bits per heavy atom. The molecule has 110 valence electrons. The molecule has 0 aliphatic rings. The Morgan fingerprint density at radius 1 is 1.50 bits per heavy atom. The Morgan fingerprint density at radius 3 is 2.75 bits per heavy atom. The number of nitrogens with one attached hydrogen (secondary N) is 1. The summed E-state index contributed by atoms with van der Waals surface area (Å²) in [6.07, 6.45) is 1.62. The summed E-state index contributed by atoms with van der Waals surface area (Å²) in [5, 5.41) is 12.0. The van der Waals surface area contributed by atoms with Crippen molar-refractivity contribution in [3.05, 3.63) is 18.3 Å². The standard InChI is InChI=1S/C13H18N2O4S/c1-8(2)19-11-5-4-6-14-12(11)20-7-10(13(17)18)15-9(3)16/h4-6,8,10H,7H2,1-3H3,(H,15,16)(H,17,18). The predicted octanol–water partition coefficient (Wildman–Crippen LogP) is 1.55. The number of thioether (sulfide) groups is 1. The number of carbonyl (C=O) groups is 2. The van der Waals surface area contributed by atoms with Crippen LogP contribution in [0.1, 0.15) is 20.8 Å². The van der Waals surface area contributed by atoms with E-state index in [0.717, 1.165) is 0 Å². The maximum Gasteiger partial charge on any atom is 0.327 e. The van der Waals surface area contributed by atoms with Gasteiger partial charge in [0.2, 0.25) is 5.91 Å². The van der Waals surface area contributed by atoms with E-state index in [0.29, 0.717) is 10.8 Å². The molecule has 0 radical (unpaired) electrons. The second-order valence-electron chi connectivity index (χ2n) is 4.38. The Kier molecular flexibility index (Phi) is 6.30. The highest BCUT2D eigenvalue weighted by molar-refractivity contribution is 7.99. The molecule has 1 aromatic heterocycles. The highest BCUT2D eigenvalue weighted by atomic mass is 32.2. The van der Waals surface area contributed by atoms with Gasteiger partial charge in [0.05, 0.1) is 6.10 Å². The van der Waals surface area contributed by atoms with Crippen molar-refractivity contribution in [2.24, 2.45) is 0 Å². The Labute approximate surface area is 121 Å². The third-order valence-electron chi connectivity index (χ3n) is 2.16. The summed E-state index contributed by atoms with van der Waals surface area (Å²) in [7, 11) is 0. The van der Waals surface area contributed by atoms with Crippen molar-refractivity contribution in [1.82, 2.24) is 10.3 Å². The first kappa shape index (κ1) is 16.3. The van der Waals surface area contributed by atoms with Crippen LogP contribution in [0, 0.1) is 0 Å². The summed E-state index contributed by atoms with van der Waals surface area (Å²) in [5.41, 5.74) is 0. The van der Waals surface area contributed by atoms with Crippen LogP contribution in [0.15, 0.2) is 23.4 Å². The summed E-state index contributed by atoms with van der Waals surface area (Å²) in [6.45, 7) is 5.09. The number of rotatable bonds is 7. The molecule has 0 saturated heterocycles. The van der Waals surface area contributed by atoms with Crippen molar-refractivity contribution < 1.29 is 19.4 Å². The second kappa shape index (κ2) is 7.74. The number of aromatic nitrogens is 1. The van der Waals surface area contributed by atoms with Gasteiger partial charge in [0, 0.05) is 18.9 Å². The van der Waals surface area contributed by atoms with Gasteiger partial charge in [0.15, 0.2) is 5.75 Å². The normalized spacial score (nSPS) is 12.0. The number of hydrogen-bond acceptors (Lipinski definition) is 5. The molecule has 0 bridgehead atoms. The number of nitrogens with zero attached hydrogens (tertiary/aromatic N) is 1. The number of carbonyl (C=O) groups excluding carboxylic acids is 1. The van der Waals surface area contributed by atoms with Crippen LogP contribution in [-0.2, 0) is 9.59 Å². The van der Waals surface area contributed by atoms with Crippen LogP contribution in [0.3, 0.4) is 0 Å². The molecule has 0 aliphatic carbocycles. The van der Waals surface area contributed by atoms with E-state index in [1.807, 2.05) is 13.8 Å². The minimum Gasteiger partial charge on any atom is -0.488 e. The maximum absolute atomic E-state index is 11.0. The highest BCUT2D eigenvalue weighted by Gasteiger charge is 2.20. The molecule has 7 heteroatoms. The number of ether oxygens (including phenoxy) is 1. The van der Waals surface area contributed by atoms with Crippen molar-refractivity contribution in [1.29, 1.82) is 0 Å². The predicted molar refractivity (Wildman–Crippen MR) is 76.0 cm³/mol. The van der Waals surface area contributed by atoms with Crippen LogP contribution in [-0.4, -0.2) is 39.9 Å². The zero-order valence-electron chi connectivity index (χ0n) is 11.6. The number of aliphatic carboxylic acids is 1. The average molecular weight is 298 g/mol. The van der Waals surface area contributed by atoms with Crippen molar-refractivity contribution in [2.75, 3.05) is 5.75 Å². The number of hydrogen-bond donors (Lipinski definition) is 2. The van der Waals surface area contributed by atoms with Crippen LogP contribution in [0.5, 0.6) is 5.75 Å². The van der Waals surface area contributed by atoms with Gasteiger partial charge in [-0.1, -0.05) is 11.8 Å². The van der Waals surface area contributed by atoms with Gasteiger partial charge in [-0.3, -0.25) is 4.79 Å². The molecule has 1 atom stereocenters. The van der Waals surface area contributed by atoms with Crippen LogP contribution in [0.2, 0.25) is 0 Å². The Balaban J connectivity index is 2.72.